The first-order valence-electron chi connectivity index (χ1n) is 8.64. The van der Waals surface area contributed by atoms with E-state index < -0.39 is 11.0 Å². The molecule has 1 saturated heterocycles. The molecule has 7 heteroatoms. The van der Waals surface area contributed by atoms with Gasteiger partial charge in [-0.05, 0) is 42.1 Å². The van der Waals surface area contributed by atoms with E-state index in [2.05, 4.69) is 40.0 Å². The van der Waals surface area contributed by atoms with E-state index in [0.29, 0.717) is 24.5 Å². The average Bonchev–Trinajstić information content (AvgIpc) is 2.67. The Morgan fingerprint density at radius 3 is 2.70 bits per heavy atom. The van der Waals surface area contributed by atoms with E-state index in [4.69, 9.17) is 0 Å². The Bertz CT molecular complexity index is 1030. The number of nitrogens with zero attached hydrogens (tertiary/aromatic N) is 3. The lowest BCUT2D eigenvalue weighted by Crippen LogP contribution is -2.47. The molecule has 6 nitrogen and oxygen atoms in total. The maximum Gasteiger partial charge on any atom is 0.148 e. The summed E-state index contributed by atoms with van der Waals surface area (Å²) < 4.78 is 25.6. The van der Waals surface area contributed by atoms with Crippen LogP contribution in [0.15, 0.2) is 54.7 Å². The fourth-order valence-electron chi connectivity index (χ4n) is 3.38. The van der Waals surface area contributed by atoms with Gasteiger partial charge in [-0.3, -0.25) is 13.4 Å². The Morgan fingerprint density at radius 2 is 1.96 bits per heavy atom. The highest BCUT2D eigenvalue weighted by atomic mass is 32.3. The quantitative estimate of drug-likeness (QED) is 0.617. The highest BCUT2D eigenvalue weighted by Crippen LogP contribution is 2.47. The first kappa shape index (κ1) is 17.8. The lowest BCUT2D eigenvalue weighted by molar-refractivity contribution is 0.441. The highest BCUT2D eigenvalue weighted by molar-refractivity contribution is 8.23. The number of nitrogens with one attached hydrogen (secondary N) is 1. The fourth-order valence-corrected chi connectivity index (χ4v) is 4.76. The molecule has 1 atom stereocenters. The van der Waals surface area contributed by atoms with Crippen molar-refractivity contribution in [2.45, 2.75) is 12.8 Å². The molecule has 3 aromatic rings. The predicted molar refractivity (Wildman–Crippen MR) is 109 cm³/mol. The SMILES string of the molecule is Cc1ccc(C2CNS(O)(O)N(c3ccc4c(C#N)nccc4c3)C2)cc1. The summed E-state index contributed by atoms with van der Waals surface area (Å²) in [5, 5.41) is 10.8. The molecule has 0 saturated carbocycles. The zero-order valence-corrected chi connectivity index (χ0v) is 15.6. The molecule has 1 fully saturated rings. The van der Waals surface area contributed by atoms with Crippen molar-refractivity contribution >= 4 is 27.4 Å². The standard InChI is InChI=1S/C20H20N4O2S/c1-14-2-4-15(5-3-14)17-12-23-27(25,26)24(13-17)18-6-7-19-16(10-18)8-9-22-20(19)11-21/h2-10,17,23,25-26H,12-13H2,1H3. The monoisotopic (exact) mass is 380 g/mol. The van der Waals surface area contributed by atoms with Gasteiger partial charge in [0.25, 0.3) is 0 Å². The van der Waals surface area contributed by atoms with E-state index in [1.54, 1.807) is 22.6 Å². The Balaban J connectivity index is 1.70. The molecule has 4 rings (SSSR count). The summed E-state index contributed by atoms with van der Waals surface area (Å²) in [4.78, 5) is 4.07. The molecule has 1 unspecified atom stereocenters. The van der Waals surface area contributed by atoms with Crippen LogP contribution in [0.1, 0.15) is 22.7 Å². The van der Waals surface area contributed by atoms with Crippen LogP contribution in [0, 0.1) is 18.3 Å². The molecule has 2 aromatic carbocycles. The molecule has 2 heterocycles. The van der Waals surface area contributed by atoms with Gasteiger partial charge in [-0.1, -0.05) is 40.8 Å². The van der Waals surface area contributed by atoms with Crippen LogP contribution in [0.25, 0.3) is 10.8 Å². The number of rotatable bonds is 2. The first-order valence-corrected chi connectivity index (χ1v) is 10.1. The predicted octanol–water partition coefficient (Wildman–Crippen LogP) is 4.19. The third-order valence-corrected chi connectivity index (χ3v) is 6.44. The second kappa shape index (κ2) is 6.83. The lowest BCUT2D eigenvalue weighted by Gasteiger charge is -2.49. The zero-order valence-electron chi connectivity index (χ0n) is 14.8. The van der Waals surface area contributed by atoms with Crippen molar-refractivity contribution in [3.8, 4) is 6.07 Å². The van der Waals surface area contributed by atoms with Crippen molar-refractivity contribution in [2.24, 2.45) is 0 Å². The molecule has 27 heavy (non-hydrogen) atoms. The van der Waals surface area contributed by atoms with E-state index in [-0.39, 0.29) is 5.92 Å². The number of aromatic nitrogens is 1. The number of aryl methyl sites for hydroxylation is 1. The van der Waals surface area contributed by atoms with Gasteiger partial charge in [0, 0.05) is 30.6 Å². The molecule has 0 aliphatic carbocycles. The van der Waals surface area contributed by atoms with Gasteiger partial charge >= 0.3 is 0 Å². The maximum atomic E-state index is 10.6. The summed E-state index contributed by atoms with van der Waals surface area (Å²) >= 11 is 0. The largest absolute Gasteiger partial charge is 0.269 e. The van der Waals surface area contributed by atoms with Crippen molar-refractivity contribution in [3.05, 3.63) is 71.5 Å². The van der Waals surface area contributed by atoms with Crippen LogP contribution in [-0.2, 0) is 0 Å². The lowest BCUT2D eigenvalue weighted by atomic mass is 9.98. The third kappa shape index (κ3) is 3.36. The van der Waals surface area contributed by atoms with Gasteiger partial charge < -0.3 is 0 Å². The van der Waals surface area contributed by atoms with Crippen molar-refractivity contribution in [1.82, 2.24) is 9.71 Å². The van der Waals surface area contributed by atoms with Crippen LogP contribution in [0.5, 0.6) is 0 Å². The zero-order chi connectivity index (χ0) is 19.0. The molecular formula is C20H20N4O2S. The van der Waals surface area contributed by atoms with Crippen molar-refractivity contribution in [1.29, 1.82) is 5.26 Å². The van der Waals surface area contributed by atoms with E-state index >= 15 is 0 Å². The normalized spacial score (nSPS) is 20.2. The number of benzene rings is 2. The summed E-state index contributed by atoms with van der Waals surface area (Å²) in [5.74, 6) is 0.133. The number of nitriles is 1. The molecule has 0 amide bonds. The van der Waals surface area contributed by atoms with E-state index in [9.17, 15) is 14.4 Å². The number of hydrogen-bond donors (Lipinski definition) is 3. The molecule has 0 radical (unpaired) electrons. The molecule has 0 bridgehead atoms. The van der Waals surface area contributed by atoms with Gasteiger partial charge in [-0.25, -0.2) is 9.71 Å². The van der Waals surface area contributed by atoms with Crippen LogP contribution >= 0.6 is 11.0 Å². The van der Waals surface area contributed by atoms with E-state index in [1.165, 1.54) is 5.56 Å². The molecular weight excluding hydrogens is 360 g/mol. The third-order valence-electron chi connectivity index (χ3n) is 4.91. The van der Waals surface area contributed by atoms with Gasteiger partial charge in [-0.2, -0.15) is 5.26 Å². The summed E-state index contributed by atoms with van der Waals surface area (Å²) in [5.41, 5.74) is 3.41. The van der Waals surface area contributed by atoms with Gasteiger partial charge in [-0.15, -0.1) is 0 Å². The number of hydrogen-bond acceptors (Lipinski definition) is 6. The minimum atomic E-state index is -3.11. The maximum absolute atomic E-state index is 10.6. The Hall–Kier alpha value is -2.63. The smallest absolute Gasteiger partial charge is 0.148 e. The second-order valence-electron chi connectivity index (χ2n) is 6.71. The summed E-state index contributed by atoms with van der Waals surface area (Å²) in [7, 11) is -3.11. The number of fused-ring (bicyclic) bond motifs is 1. The Morgan fingerprint density at radius 1 is 1.19 bits per heavy atom. The molecule has 3 N–H and O–H groups in total. The number of pyridine rings is 1. The van der Waals surface area contributed by atoms with Crippen LogP contribution in [-0.4, -0.2) is 27.2 Å². The molecule has 1 aliphatic heterocycles. The van der Waals surface area contributed by atoms with E-state index in [1.807, 2.05) is 19.1 Å². The van der Waals surface area contributed by atoms with Crippen molar-refractivity contribution < 1.29 is 9.11 Å². The molecule has 1 aromatic heterocycles. The second-order valence-corrected chi connectivity index (χ2v) is 8.48. The minimum absolute atomic E-state index is 0.133. The fraction of sp³-hybridized carbons (Fsp3) is 0.200. The molecule has 1 aliphatic rings. The van der Waals surface area contributed by atoms with Gasteiger partial charge in [0.15, 0.2) is 0 Å². The van der Waals surface area contributed by atoms with E-state index in [0.717, 1.165) is 16.3 Å². The van der Waals surface area contributed by atoms with Crippen LogP contribution < -0.4 is 9.03 Å². The Kier molecular flexibility index (Phi) is 4.50. The molecule has 138 valence electrons. The Labute approximate surface area is 159 Å². The minimum Gasteiger partial charge on any atom is -0.269 e. The van der Waals surface area contributed by atoms with Crippen LogP contribution in [0.2, 0.25) is 0 Å². The first-order chi connectivity index (χ1) is 13.0. The summed E-state index contributed by atoms with van der Waals surface area (Å²) in [6, 6.07) is 17.7. The summed E-state index contributed by atoms with van der Waals surface area (Å²) in [6.07, 6.45) is 1.59. The highest BCUT2D eigenvalue weighted by Gasteiger charge is 2.32. The van der Waals surface area contributed by atoms with Gasteiger partial charge in [0.2, 0.25) is 0 Å². The van der Waals surface area contributed by atoms with Crippen LogP contribution in [0.3, 0.4) is 0 Å². The van der Waals surface area contributed by atoms with Crippen molar-refractivity contribution in [3.63, 3.8) is 0 Å². The number of anilines is 1. The topological polar surface area (TPSA) is 92.4 Å². The van der Waals surface area contributed by atoms with Crippen LogP contribution in [0.4, 0.5) is 5.69 Å². The average molecular weight is 380 g/mol. The van der Waals surface area contributed by atoms with Crippen molar-refractivity contribution in [2.75, 3.05) is 17.4 Å². The van der Waals surface area contributed by atoms with Gasteiger partial charge in [0.05, 0.1) is 5.69 Å². The van der Waals surface area contributed by atoms with Gasteiger partial charge in [0.1, 0.15) is 11.8 Å². The molecule has 0 spiro atoms. The summed E-state index contributed by atoms with van der Waals surface area (Å²) in [6.45, 7) is 3.03.